The number of benzene rings is 1. The summed E-state index contributed by atoms with van der Waals surface area (Å²) >= 11 is 0. The molecule has 0 amide bonds. The van der Waals surface area contributed by atoms with Crippen molar-refractivity contribution in [3.8, 4) is 0 Å². The van der Waals surface area contributed by atoms with E-state index in [0.29, 0.717) is 12.1 Å². The third-order valence-corrected chi connectivity index (χ3v) is 3.60. The maximum atomic E-state index is 12.9. The smallest absolute Gasteiger partial charge is 0.416 e. The standard InChI is InChI=1S/C15H16F6O2/c1-4-13(5-2,23-9(3)22)10-6-11(14(16,17)18)8-12(7-10)15(19,20)21/h6-8H,4-5H2,1-3H3. The van der Waals surface area contributed by atoms with Crippen LogP contribution in [0.4, 0.5) is 26.3 Å². The van der Waals surface area contributed by atoms with Gasteiger partial charge in [0.1, 0.15) is 5.60 Å². The van der Waals surface area contributed by atoms with Crippen LogP contribution >= 0.6 is 0 Å². The molecule has 0 atom stereocenters. The predicted octanol–water partition coefficient (Wildman–Crippen LogP) is 5.30. The summed E-state index contributed by atoms with van der Waals surface area (Å²) in [7, 11) is 0. The summed E-state index contributed by atoms with van der Waals surface area (Å²) in [5, 5.41) is 0. The number of halogens is 6. The number of carbonyl (C=O) groups is 1. The van der Waals surface area contributed by atoms with Crippen molar-refractivity contribution in [3.05, 3.63) is 34.9 Å². The van der Waals surface area contributed by atoms with Gasteiger partial charge in [0, 0.05) is 6.92 Å². The number of rotatable bonds is 4. The van der Waals surface area contributed by atoms with Gasteiger partial charge in [-0.05, 0) is 36.6 Å². The molecule has 0 unspecified atom stereocenters. The third-order valence-electron chi connectivity index (χ3n) is 3.60. The highest BCUT2D eigenvalue weighted by Crippen LogP contribution is 2.41. The zero-order valence-electron chi connectivity index (χ0n) is 12.7. The van der Waals surface area contributed by atoms with Crippen molar-refractivity contribution < 1.29 is 35.9 Å². The van der Waals surface area contributed by atoms with E-state index in [0.717, 1.165) is 6.92 Å². The summed E-state index contributed by atoms with van der Waals surface area (Å²) in [6.45, 7) is 4.11. The maximum Gasteiger partial charge on any atom is 0.416 e. The molecule has 0 aliphatic rings. The zero-order valence-corrected chi connectivity index (χ0v) is 12.7. The van der Waals surface area contributed by atoms with Gasteiger partial charge in [-0.2, -0.15) is 26.3 Å². The lowest BCUT2D eigenvalue weighted by Gasteiger charge is -2.32. The van der Waals surface area contributed by atoms with E-state index >= 15 is 0 Å². The second kappa shape index (κ2) is 6.41. The van der Waals surface area contributed by atoms with Crippen molar-refractivity contribution in [1.29, 1.82) is 0 Å². The van der Waals surface area contributed by atoms with Crippen LogP contribution in [0, 0.1) is 0 Å². The van der Waals surface area contributed by atoms with Gasteiger partial charge in [0.2, 0.25) is 0 Å². The molecule has 0 radical (unpaired) electrons. The van der Waals surface area contributed by atoms with E-state index in [1.807, 2.05) is 0 Å². The SMILES string of the molecule is CCC(CC)(OC(C)=O)c1cc(C(F)(F)F)cc(C(F)(F)F)c1. The molecule has 0 saturated heterocycles. The van der Waals surface area contributed by atoms with Crippen LogP contribution in [-0.4, -0.2) is 5.97 Å². The molecule has 1 rings (SSSR count). The van der Waals surface area contributed by atoms with Gasteiger partial charge >= 0.3 is 18.3 Å². The number of alkyl halides is 6. The maximum absolute atomic E-state index is 12.9. The molecule has 23 heavy (non-hydrogen) atoms. The van der Waals surface area contributed by atoms with Gasteiger partial charge in [-0.25, -0.2) is 0 Å². The summed E-state index contributed by atoms with van der Waals surface area (Å²) in [6, 6.07) is 1.25. The van der Waals surface area contributed by atoms with Crippen molar-refractivity contribution in [2.75, 3.05) is 0 Å². The van der Waals surface area contributed by atoms with Gasteiger partial charge in [-0.15, -0.1) is 0 Å². The van der Waals surface area contributed by atoms with Gasteiger partial charge < -0.3 is 4.74 Å². The zero-order chi connectivity index (χ0) is 18.1. The molecule has 1 aromatic carbocycles. The van der Waals surface area contributed by atoms with Gasteiger partial charge in [-0.1, -0.05) is 13.8 Å². The fraction of sp³-hybridized carbons (Fsp3) is 0.533. The first-order chi connectivity index (χ1) is 10.4. The molecule has 0 spiro atoms. The van der Waals surface area contributed by atoms with E-state index < -0.39 is 35.0 Å². The minimum Gasteiger partial charge on any atom is -0.454 e. The molecule has 0 fully saturated rings. The largest absolute Gasteiger partial charge is 0.454 e. The molecule has 0 saturated carbocycles. The highest BCUT2D eigenvalue weighted by molar-refractivity contribution is 5.67. The molecule has 130 valence electrons. The Labute approximate surface area is 129 Å². The molecule has 1 aromatic rings. The molecular formula is C15H16F6O2. The second-order valence-corrected chi connectivity index (χ2v) is 5.09. The number of carbonyl (C=O) groups excluding carboxylic acids is 1. The Kier molecular flexibility index (Phi) is 5.38. The summed E-state index contributed by atoms with van der Waals surface area (Å²) in [5.74, 6) is -0.778. The minimum atomic E-state index is -4.94. The van der Waals surface area contributed by atoms with Gasteiger partial charge in [0.15, 0.2) is 0 Å². The molecule has 0 aliphatic heterocycles. The molecule has 0 aliphatic carbocycles. The average Bonchev–Trinajstić information content (AvgIpc) is 2.42. The van der Waals surface area contributed by atoms with Crippen molar-refractivity contribution in [1.82, 2.24) is 0 Å². The molecular weight excluding hydrogens is 326 g/mol. The normalized spacial score (nSPS) is 13.1. The van der Waals surface area contributed by atoms with Crippen molar-refractivity contribution in [2.45, 2.75) is 51.6 Å². The highest BCUT2D eigenvalue weighted by atomic mass is 19.4. The van der Waals surface area contributed by atoms with E-state index in [1.165, 1.54) is 13.8 Å². The number of hydrogen-bond acceptors (Lipinski definition) is 2. The molecule has 0 bridgehead atoms. The van der Waals surface area contributed by atoms with E-state index in [1.54, 1.807) is 0 Å². The highest BCUT2D eigenvalue weighted by Gasteiger charge is 2.40. The van der Waals surface area contributed by atoms with Crippen LogP contribution in [0.5, 0.6) is 0 Å². The van der Waals surface area contributed by atoms with E-state index in [4.69, 9.17) is 4.74 Å². The van der Waals surface area contributed by atoms with Crippen LogP contribution in [-0.2, 0) is 27.5 Å². The first-order valence-corrected chi connectivity index (χ1v) is 6.85. The first-order valence-electron chi connectivity index (χ1n) is 6.85. The lowest BCUT2D eigenvalue weighted by molar-refractivity contribution is -0.159. The summed E-state index contributed by atoms with van der Waals surface area (Å²) in [6.07, 6.45) is -9.80. The van der Waals surface area contributed by atoms with Crippen LogP contribution in [0.15, 0.2) is 18.2 Å². The number of esters is 1. The quantitative estimate of drug-likeness (QED) is 0.548. The predicted molar refractivity (Wildman–Crippen MR) is 70.5 cm³/mol. The lowest BCUT2D eigenvalue weighted by Crippen LogP contribution is -2.31. The van der Waals surface area contributed by atoms with E-state index in [2.05, 4.69) is 0 Å². The van der Waals surface area contributed by atoms with Crippen LogP contribution in [0.3, 0.4) is 0 Å². The average molecular weight is 342 g/mol. The molecule has 0 heterocycles. The molecule has 8 heteroatoms. The van der Waals surface area contributed by atoms with Crippen LogP contribution in [0.2, 0.25) is 0 Å². The topological polar surface area (TPSA) is 26.3 Å². The summed E-state index contributed by atoms with van der Waals surface area (Å²) < 4.78 is 82.6. The number of hydrogen-bond donors (Lipinski definition) is 0. The van der Waals surface area contributed by atoms with Gasteiger partial charge in [-0.3, -0.25) is 4.79 Å². The Bertz CT molecular complexity index is 538. The van der Waals surface area contributed by atoms with Crippen molar-refractivity contribution >= 4 is 5.97 Å². The summed E-state index contributed by atoms with van der Waals surface area (Å²) in [4.78, 5) is 11.2. The van der Waals surface area contributed by atoms with Crippen molar-refractivity contribution in [3.63, 3.8) is 0 Å². The monoisotopic (exact) mass is 342 g/mol. The molecule has 0 aromatic heterocycles. The lowest BCUT2D eigenvalue weighted by atomic mass is 9.86. The summed E-state index contributed by atoms with van der Waals surface area (Å²) in [5.41, 5.74) is -4.71. The van der Waals surface area contributed by atoms with Gasteiger partial charge in [0.25, 0.3) is 0 Å². The first kappa shape index (κ1) is 19.3. The van der Waals surface area contributed by atoms with Crippen molar-refractivity contribution in [2.24, 2.45) is 0 Å². The third kappa shape index (κ3) is 4.39. The Hall–Kier alpha value is -1.73. The van der Waals surface area contributed by atoms with Crippen LogP contribution in [0.25, 0.3) is 0 Å². The van der Waals surface area contributed by atoms with Crippen LogP contribution in [0.1, 0.15) is 50.3 Å². The van der Waals surface area contributed by atoms with E-state index in [9.17, 15) is 31.1 Å². The van der Waals surface area contributed by atoms with E-state index in [-0.39, 0.29) is 24.5 Å². The Morgan fingerprint density at radius 1 is 0.870 bits per heavy atom. The molecule has 2 nitrogen and oxygen atoms in total. The molecule has 0 N–H and O–H groups in total. The fourth-order valence-corrected chi connectivity index (χ4v) is 2.35. The van der Waals surface area contributed by atoms with Gasteiger partial charge in [0.05, 0.1) is 11.1 Å². The Balaban J connectivity index is 3.64. The minimum absolute atomic E-state index is 0.0433. The Morgan fingerprint density at radius 2 is 1.22 bits per heavy atom. The number of ether oxygens (including phenoxy) is 1. The fourth-order valence-electron chi connectivity index (χ4n) is 2.35. The second-order valence-electron chi connectivity index (χ2n) is 5.09. The van der Waals surface area contributed by atoms with Crippen LogP contribution < -0.4 is 0 Å². The Morgan fingerprint density at radius 3 is 1.48 bits per heavy atom.